The SMILES string of the molecule is Cc1nccc(C(=O)OCCN)n1. The van der Waals surface area contributed by atoms with Gasteiger partial charge in [-0.1, -0.05) is 0 Å². The van der Waals surface area contributed by atoms with Crippen molar-refractivity contribution in [2.45, 2.75) is 6.92 Å². The average Bonchev–Trinajstić information content (AvgIpc) is 2.14. The van der Waals surface area contributed by atoms with Crippen molar-refractivity contribution in [3.8, 4) is 0 Å². The van der Waals surface area contributed by atoms with Gasteiger partial charge in [-0.25, -0.2) is 14.8 Å². The maximum atomic E-state index is 11.2. The Balaban J connectivity index is 2.66. The number of nitrogens with zero attached hydrogens (tertiary/aromatic N) is 2. The van der Waals surface area contributed by atoms with Crippen LogP contribution in [0.4, 0.5) is 0 Å². The summed E-state index contributed by atoms with van der Waals surface area (Å²) in [7, 11) is 0. The summed E-state index contributed by atoms with van der Waals surface area (Å²) in [6.45, 7) is 2.23. The number of hydrogen-bond donors (Lipinski definition) is 1. The molecule has 2 N–H and O–H groups in total. The fourth-order valence-corrected chi connectivity index (χ4v) is 0.795. The van der Waals surface area contributed by atoms with Crippen molar-refractivity contribution < 1.29 is 9.53 Å². The van der Waals surface area contributed by atoms with Crippen LogP contribution in [0.15, 0.2) is 12.3 Å². The molecular weight excluding hydrogens is 170 g/mol. The second kappa shape index (κ2) is 4.51. The molecule has 0 aliphatic heterocycles. The Bertz CT molecular complexity index is 301. The molecule has 0 bridgehead atoms. The third-order valence-electron chi connectivity index (χ3n) is 1.34. The zero-order valence-electron chi connectivity index (χ0n) is 7.36. The standard InChI is InChI=1S/C8H11N3O2/c1-6-10-4-2-7(11-6)8(12)13-5-3-9/h2,4H,3,5,9H2,1H3. The average molecular weight is 181 g/mol. The predicted octanol–water partition coefficient (Wildman–Crippen LogP) is -0.0995. The minimum absolute atomic E-state index is 0.210. The zero-order chi connectivity index (χ0) is 9.68. The molecular formula is C8H11N3O2. The summed E-state index contributed by atoms with van der Waals surface area (Å²) in [6, 6.07) is 1.51. The molecule has 0 fully saturated rings. The Morgan fingerprint density at radius 2 is 2.46 bits per heavy atom. The Morgan fingerprint density at radius 3 is 3.08 bits per heavy atom. The van der Waals surface area contributed by atoms with E-state index < -0.39 is 5.97 Å². The van der Waals surface area contributed by atoms with Crippen molar-refractivity contribution in [3.05, 3.63) is 23.8 Å². The van der Waals surface area contributed by atoms with Crippen molar-refractivity contribution in [3.63, 3.8) is 0 Å². The zero-order valence-corrected chi connectivity index (χ0v) is 7.36. The summed E-state index contributed by atoms with van der Waals surface area (Å²) in [5.41, 5.74) is 5.44. The first-order valence-electron chi connectivity index (χ1n) is 3.91. The van der Waals surface area contributed by atoms with E-state index in [-0.39, 0.29) is 12.3 Å². The molecule has 13 heavy (non-hydrogen) atoms. The van der Waals surface area contributed by atoms with Crippen LogP contribution in [0, 0.1) is 6.92 Å². The lowest BCUT2D eigenvalue weighted by Crippen LogP contribution is -2.15. The number of esters is 1. The Kier molecular flexibility index (Phi) is 3.33. The van der Waals surface area contributed by atoms with E-state index in [0.29, 0.717) is 12.4 Å². The van der Waals surface area contributed by atoms with Crippen LogP contribution in [0.5, 0.6) is 0 Å². The van der Waals surface area contributed by atoms with Gasteiger partial charge in [0.15, 0.2) is 5.69 Å². The monoisotopic (exact) mass is 181 g/mol. The lowest BCUT2D eigenvalue weighted by Gasteiger charge is -2.01. The molecule has 1 heterocycles. The van der Waals surface area contributed by atoms with E-state index in [1.807, 2.05) is 0 Å². The molecule has 70 valence electrons. The molecule has 0 aliphatic rings. The maximum absolute atomic E-state index is 11.2. The summed E-state index contributed by atoms with van der Waals surface area (Å²) in [5.74, 6) is 0.0816. The lowest BCUT2D eigenvalue weighted by atomic mass is 10.4. The van der Waals surface area contributed by atoms with Gasteiger partial charge in [0.05, 0.1) is 0 Å². The van der Waals surface area contributed by atoms with Crippen molar-refractivity contribution in [1.82, 2.24) is 9.97 Å². The molecule has 5 heteroatoms. The molecule has 1 aromatic heterocycles. The number of nitrogens with two attached hydrogens (primary N) is 1. The molecule has 0 unspecified atom stereocenters. The van der Waals surface area contributed by atoms with Crippen LogP contribution in [0.2, 0.25) is 0 Å². The Labute approximate surface area is 75.9 Å². The smallest absolute Gasteiger partial charge is 0.357 e. The van der Waals surface area contributed by atoms with Crippen molar-refractivity contribution in [2.75, 3.05) is 13.2 Å². The first kappa shape index (κ1) is 9.60. The second-order valence-electron chi connectivity index (χ2n) is 2.41. The van der Waals surface area contributed by atoms with E-state index in [0.717, 1.165) is 0 Å². The number of carbonyl (C=O) groups is 1. The maximum Gasteiger partial charge on any atom is 0.357 e. The van der Waals surface area contributed by atoms with Gasteiger partial charge in [0, 0.05) is 12.7 Å². The number of aromatic nitrogens is 2. The Morgan fingerprint density at radius 1 is 1.69 bits per heavy atom. The molecule has 0 atom stereocenters. The van der Waals surface area contributed by atoms with Crippen molar-refractivity contribution in [1.29, 1.82) is 0 Å². The third-order valence-corrected chi connectivity index (χ3v) is 1.34. The number of hydrogen-bond acceptors (Lipinski definition) is 5. The number of carbonyl (C=O) groups excluding carboxylic acids is 1. The van der Waals surface area contributed by atoms with Crippen LogP contribution in [0.1, 0.15) is 16.3 Å². The van der Waals surface area contributed by atoms with Crippen molar-refractivity contribution in [2.24, 2.45) is 5.73 Å². The van der Waals surface area contributed by atoms with Crippen molar-refractivity contribution >= 4 is 5.97 Å². The second-order valence-corrected chi connectivity index (χ2v) is 2.41. The molecule has 0 aliphatic carbocycles. The summed E-state index contributed by atoms with van der Waals surface area (Å²) < 4.78 is 4.78. The molecule has 0 aromatic carbocycles. The minimum atomic E-state index is -0.462. The first-order chi connectivity index (χ1) is 6.24. The van der Waals surface area contributed by atoms with Gasteiger partial charge in [-0.05, 0) is 13.0 Å². The molecule has 0 amide bonds. The van der Waals surface area contributed by atoms with Gasteiger partial charge in [0.25, 0.3) is 0 Å². The van der Waals surface area contributed by atoms with E-state index in [1.54, 1.807) is 6.92 Å². The number of rotatable bonds is 3. The quantitative estimate of drug-likeness (QED) is 0.659. The van der Waals surface area contributed by atoms with Crippen LogP contribution in [-0.2, 0) is 4.74 Å². The molecule has 0 spiro atoms. The molecule has 1 aromatic rings. The van der Waals surface area contributed by atoms with E-state index in [2.05, 4.69) is 9.97 Å². The number of ether oxygens (including phenoxy) is 1. The molecule has 1 rings (SSSR count). The highest BCUT2D eigenvalue weighted by atomic mass is 16.5. The highest BCUT2D eigenvalue weighted by Crippen LogP contribution is 1.96. The molecule has 5 nitrogen and oxygen atoms in total. The van der Waals surface area contributed by atoms with E-state index in [4.69, 9.17) is 10.5 Å². The minimum Gasteiger partial charge on any atom is -0.460 e. The topological polar surface area (TPSA) is 78.1 Å². The predicted molar refractivity (Wildman–Crippen MR) is 46.1 cm³/mol. The van der Waals surface area contributed by atoms with Gasteiger partial charge in [0.2, 0.25) is 0 Å². The number of aryl methyl sites for hydroxylation is 1. The van der Waals surface area contributed by atoms with Gasteiger partial charge in [-0.3, -0.25) is 0 Å². The summed E-state index contributed by atoms with van der Waals surface area (Å²) in [6.07, 6.45) is 1.52. The van der Waals surface area contributed by atoms with Gasteiger partial charge in [0.1, 0.15) is 12.4 Å². The normalized spacial score (nSPS) is 9.69. The fraction of sp³-hybridized carbons (Fsp3) is 0.375. The highest BCUT2D eigenvalue weighted by molar-refractivity contribution is 5.87. The van der Waals surface area contributed by atoms with E-state index >= 15 is 0 Å². The molecule has 0 radical (unpaired) electrons. The third kappa shape index (κ3) is 2.79. The fourth-order valence-electron chi connectivity index (χ4n) is 0.795. The van der Waals surface area contributed by atoms with Gasteiger partial charge >= 0.3 is 5.97 Å². The van der Waals surface area contributed by atoms with E-state index in [1.165, 1.54) is 12.3 Å². The molecule has 0 saturated heterocycles. The van der Waals surface area contributed by atoms with Crippen LogP contribution < -0.4 is 5.73 Å². The summed E-state index contributed by atoms with van der Waals surface area (Å²) >= 11 is 0. The highest BCUT2D eigenvalue weighted by Gasteiger charge is 2.07. The molecule has 0 saturated carbocycles. The first-order valence-corrected chi connectivity index (χ1v) is 3.91. The summed E-state index contributed by atoms with van der Waals surface area (Å²) in [4.78, 5) is 18.9. The largest absolute Gasteiger partial charge is 0.460 e. The van der Waals surface area contributed by atoms with Crippen LogP contribution in [-0.4, -0.2) is 29.1 Å². The summed E-state index contributed by atoms with van der Waals surface area (Å²) in [5, 5.41) is 0. The van der Waals surface area contributed by atoms with Crippen LogP contribution in [0.25, 0.3) is 0 Å². The van der Waals surface area contributed by atoms with Gasteiger partial charge in [-0.15, -0.1) is 0 Å². The Hall–Kier alpha value is -1.49. The van der Waals surface area contributed by atoms with Gasteiger partial charge < -0.3 is 10.5 Å². The van der Waals surface area contributed by atoms with Crippen LogP contribution in [0.3, 0.4) is 0 Å². The lowest BCUT2D eigenvalue weighted by molar-refractivity contribution is 0.0509. The van der Waals surface area contributed by atoms with E-state index in [9.17, 15) is 4.79 Å². The van der Waals surface area contributed by atoms with Crippen LogP contribution >= 0.6 is 0 Å². The van der Waals surface area contributed by atoms with Gasteiger partial charge in [-0.2, -0.15) is 0 Å².